The highest BCUT2D eigenvalue weighted by Gasteiger charge is 2.30. The summed E-state index contributed by atoms with van der Waals surface area (Å²) in [5, 5.41) is 3.22. The lowest BCUT2D eigenvalue weighted by molar-refractivity contribution is -0.116. The Morgan fingerprint density at radius 1 is 1.22 bits per heavy atom. The van der Waals surface area contributed by atoms with E-state index in [4.69, 9.17) is 16.3 Å². The van der Waals surface area contributed by atoms with Crippen molar-refractivity contribution in [3.8, 4) is 5.75 Å². The molecule has 1 saturated heterocycles. The van der Waals surface area contributed by atoms with Crippen LogP contribution < -0.4 is 14.4 Å². The Morgan fingerprint density at radius 3 is 2.63 bits per heavy atom. The number of hydrogen-bond acceptors (Lipinski definition) is 4. The summed E-state index contributed by atoms with van der Waals surface area (Å²) >= 11 is 5.79. The normalized spacial score (nSPS) is 15.6. The first-order chi connectivity index (χ1) is 12.8. The van der Waals surface area contributed by atoms with Crippen molar-refractivity contribution < 1.29 is 22.3 Å². The van der Waals surface area contributed by atoms with Gasteiger partial charge in [-0.1, -0.05) is 11.6 Å². The number of nitrogens with zero attached hydrogens (tertiary/aromatic N) is 1. The zero-order valence-corrected chi connectivity index (χ0v) is 15.9. The van der Waals surface area contributed by atoms with Gasteiger partial charge in [-0.2, -0.15) is 0 Å². The summed E-state index contributed by atoms with van der Waals surface area (Å²) in [5.74, 6) is -0.392. The van der Waals surface area contributed by atoms with E-state index in [1.807, 2.05) is 0 Å². The molecule has 3 rings (SSSR count). The molecule has 0 atom stereocenters. The first kappa shape index (κ1) is 19.4. The smallest absolute Gasteiger partial charge is 0.235 e. The van der Waals surface area contributed by atoms with Gasteiger partial charge in [0.15, 0.2) is 0 Å². The lowest BCUT2D eigenvalue weighted by atomic mass is 10.2. The summed E-state index contributed by atoms with van der Waals surface area (Å²) in [6, 6.07) is 10.6. The van der Waals surface area contributed by atoms with Gasteiger partial charge in [0.25, 0.3) is 0 Å². The van der Waals surface area contributed by atoms with Gasteiger partial charge < -0.3 is 10.1 Å². The van der Waals surface area contributed by atoms with Crippen LogP contribution in [0.25, 0.3) is 0 Å². The largest absolute Gasteiger partial charge is 0.493 e. The molecule has 27 heavy (non-hydrogen) atoms. The maximum atomic E-state index is 14.1. The van der Waals surface area contributed by atoms with E-state index in [2.05, 4.69) is 5.32 Å². The Morgan fingerprint density at radius 2 is 1.96 bits per heavy atom. The van der Waals surface area contributed by atoms with Gasteiger partial charge in [-0.05, 0) is 48.9 Å². The monoisotopic (exact) mass is 412 g/mol. The number of ether oxygens (including phenoxy) is 1. The third-order valence-corrected chi connectivity index (χ3v) is 6.12. The van der Waals surface area contributed by atoms with E-state index in [1.165, 1.54) is 12.1 Å². The SMILES string of the molecule is O=C(CCOc1ccc(Cl)cc1)Nc1ccc(F)c(N2CCCS2(=O)=O)c1. The van der Waals surface area contributed by atoms with Crippen molar-refractivity contribution in [3.63, 3.8) is 0 Å². The highest BCUT2D eigenvalue weighted by molar-refractivity contribution is 7.93. The van der Waals surface area contributed by atoms with E-state index in [0.717, 1.165) is 10.4 Å². The molecule has 1 fully saturated rings. The summed E-state index contributed by atoms with van der Waals surface area (Å²) in [4.78, 5) is 12.1. The maximum absolute atomic E-state index is 14.1. The van der Waals surface area contributed by atoms with Gasteiger partial charge in [-0.15, -0.1) is 0 Å². The number of halogens is 2. The molecule has 0 aliphatic carbocycles. The Labute approximate surface area is 161 Å². The Balaban J connectivity index is 1.59. The van der Waals surface area contributed by atoms with Gasteiger partial charge in [0, 0.05) is 17.3 Å². The molecule has 144 valence electrons. The molecule has 0 saturated carbocycles. The Bertz CT molecular complexity index is 935. The fourth-order valence-corrected chi connectivity index (χ4v) is 4.39. The van der Waals surface area contributed by atoms with Crippen LogP contribution in [0.5, 0.6) is 5.75 Å². The summed E-state index contributed by atoms with van der Waals surface area (Å²) < 4.78 is 44.6. The van der Waals surface area contributed by atoms with Crippen LogP contribution in [0.1, 0.15) is 12.8 Å². The van der Waals surface area contributed by atoms with Gasteiger partial charge in [-0.25, -0.2) is 12.8 Å². The molecular weight excluding hydrogens is 395 g/mol. The molecule has 9 heteroatoms. The number of benzene rings is 2. The van der Waals surface area contributed by atoms with Crippen LogP contribution in [0.2, 0.25) is 5.02 Å². The minimum Gasteiger partial charge on any atom is -0.493 e. The lowest BCUT2D eigenvalue weighted by Gasteiger charge is -2.18. The number of sulfonamides is 1. The summed E-state index contributed by atoms with van der Waals surface area (Å²) in [6.07, 6.45) is 0.526. The number of hydrogen-bond donors (Lipinski definition) is 1. The van der Waals surface area contributed by atoms with Gasteiger partial charge in [0.05, 0.1) is 24.5 Å². The van der Waals surface area contributed by atoms with Crippen LogP contribution in [-0.4, -0.2) is 33.2 Å². The Kier molecular flexibility index (Phi) is 5.86. The molecule has 1 heterocycles. The van der Waals surface area contributed by atoms with Gasteiger partial charge in [-0.3, -0.25) is 9.10 Å². The van der Waals surface area contributed by atoms with Gasteiger partial charge in [0.1, 0.15) is 11.6 Å². The van der Waals surface area contributed by atoms with Gasteiger partial charge >= 0.3 is 0 Å². The van der Waals surface area contributed by atoms with Crippen molar-refractivity contribution in [1.29, 1.82) is 0 Å². The molecule has 0 spiro atoms. The quantitative estimate of drug-likeness (QED) is 0.788. The molecule has 0 radical (unpaired) electrons. The maximum Gasteiger partial charge on any atom is 0.235 e. The molecule has 0 unspecified atom stereocenters. The topological polar surface area (TPSA) is 75.7 Å². The summed E-state index contributed by atoms with van der Waals surface area (Å²) in [7, 11) is -3.50. The zero-order chi connectivity index (χ0) is 19.4. The number of anilines is 2. The molecule has 6 nitrogen and oxygen atoms in total. The molecular formula is C18H18ClFN2O4S. The minimum absolute atomic E-state index is 0.00887. The van der Waals surface area contributed by atoms with E-state index in [-0.39, 0.29) is 36.9 Å². The van der Waals surface area contributed by atoms with Crippen molar-refractivity contribution in [2.75, 3.05) is 28.5 Å². The number of rotatable bonds is 6. The molecule has 1 aliphatic heterocycles. The molecule has 1 aliphatic rings. The fraction of sp³-hybridized carbons (Fsp3) is 0.278. The first-order valence-electron chi connectivity index (χ1n) is 8.33. The summed E-state index contributed by atoms with van der Waals surface area (Å²) in [6.45, 7) is 0.383. The molecule has 0 bridgehead atoms. The molecule has 2 aromatic rings. The van der Waals surface area contributed by atoms with E-state index in [9.17, 15) is 17.6 Å². The highest BCUT2D eigenvalue weighted by Crippen LogP contribution is 2.29. The summed E-state index contributed by atoms with van der Waals surface area (Å²) in [5.41, 5.74) is 0.271. The number of carbonyl (C=O) groups is 1. The van der Waals surface area contributed by atoms with Crippen molar-refractivity contribution in [2.24, 2.45) is 0 Å². The van der Waals surface area contributed by atoms with Crippen LogP contribution in [-0.2, 0) is 14.8 Å². The number of nitrogens with one attached hydrogen (secondary N) is 1. The molecule has 1 amide bonds. The van der Waals surface area contributed by atoms with Crippen molar-refractivity contribution in [3.05, 3.63) is 53.3 Å². The molecule has 0 aromatic heterocycles. The average molecular weight is 413 g/mol. The minimum atomic E-state index is -3.50. The lowest BCUT2D eigenvalue weighted by Crippen LogP contribution is -2.26. The fourth-order valence-electron chi connectivity index (χ4n) is 2.71. The predicted molar refractivity (Wildman–Crippen MR) is 102 cm³/mol. The van der Waals surface area contributed by atoms with Crippen LogP contribution in [0.4, 0.5) is 15.8 Å². The first-order valence-corrected chi connectivity index (χ1v) is 10.3. The Hall–Kier alpha value is -2.32. The molecule has 1 N–H and O–H groups in total. The number of amides is 1. The third-order valence-electron chi connectivity index (χ3n) is 4.01. The predicted octanol–water partition coefficient (Wildman–Crippen LogP) is 3.43. The van der Waals surface area contributed by atoms with Gasteiger partial charge in [0.2, 0.25) is 15.9 Å². The van der Waals surface area contributed by atoms with E-state index >= 15 is 0 Å². The van der Waals surface area contributed by atoms with E-state index < -0.39 is 15.8 Å². The van der Waals surface area contributed by atoms with Crippen LogP contribution >= 0.6 is 11.6 Å². The molecule has 2 aromatic carbocycles. The average Bonchev–Trinajstić information content (AvgIpc) is 2.97. The standard InChI is InChI=1S/C18H18ClFN2O4S/c19-13-2-5-15(6-3-13)26-10-8-18(23)21-14-4-7-16(20)17(12-14)22-9-1-11-27(22,24)25/h2-7,12H,1,8-11H2,(H,21,23). The second-order valence-corrected chi connectivity index (χ2v) is 8.46. The second-order valence-electron chi connectivity index (χ2n) is 6.01. The van der Waals surface area contributed by atoms with E-state index in [0.29, 0.717) is 22.9 Å². The second kappa shape index (κ2) is 8.14. The van der Waals surface area contributed by atoms with Crippen molar-refractivity contribution in [2.45, 2.75) is 12.8 Å². The van der Waals surface area contributed by atoms with Crippen LogP contribution in [0.3, 0.4) is 0 Å². The number of carbonyl (C=O) groups excluding carboxylic acids is 1. The zero-order valence-electron chi connectivity index (χ0n) is 14.3. The van der Waals surface area contributed by atoms with Crippen molar-refractivity contribution in [1.82, 2.24) is 0 Å². The van der Waals surface area contributed by atoms with Crippen LogP contribution in [0.15, 0.2) is 42.5 Å². The van der Waals surface area contributed by atoms with Crippen molar-refractivity contribution >= 4 is 38.9 Å². The third kappa shape index (κ3) is 4.90. The van der Waals surface area contributed by atoms with Crippen LogP contribution in [0, 0.1) is 5.82 Å². The highest BCUT2D eigenvalue weighted by atomic mass is 35.5. The van der Waals surface area contributed by atoms with E-state index in [1.54, 1.807) is 24.3 Å².